The Bertz CT molecular complexity index is 1060. The van der Waals surface area contributed by atoms with Gasteiger partial charge in [0, 0.05) is 24.2 Å². The summed E-state index contributed by atoms with van der Waals surface area (Å²) in [5, 5.41) is 71.0. The Balaban J connectivity index is 1.64. The zero-order chi connectivity index (χ0) is 28.7. The molecule has 1 saturated heterocycles. The number of aliphatic hydroxyl groups is 6. The minimum absolute atomic E-state index is 0.0784. The molecule has 218 valence electrons. The SMILES string of the molecule is CC(C)c1[nH]nc(O[C@@H]2O[C@H](CO)[C@@H](O)[C@H](O)[C@H]2O)c1Cc1ccc(CCNC(=O)NC(C)(CO)CO)cc1. The van der Waals surface area contributed by atoms with Crippen LogP contribution in [0.1, 0.15) is 49.1 Å². The molecule has 1 aliphatic rings. The Morgan fingerprint density at radius 3 is 2.31 bits per heavy atom. The lowest BCUT2D eigenvalue weighted by atomic mass is 9.98. The number of amides is 2. The number of aromatic amines is 1. The number of urea groups is 1. The average Bonchev–Trinajstić information content (AvgIpc) is 3.31. The topological polar surface area (TPSA) is 210 Å². The second-order valence-electron chi connectivity index (χ2n) is 10.4. The third-order valence-corrected chi connectivity index (χ3v) is 6.73. The number of nitrogens with one attached hydrogen (secondary N) is 3. The molecule has 1 aliphatic heterocycles. The molecule has 0 spiro atoms. The van der Waals surface area contributed by atoms with Gasteiger partial charge in [-0.05, 0) is 30.4 Å². The lowest BCUT2D eigenvalue weighted by Crippen LogP contribution is -2.60. The van der Waals surface area contributed by atoms with Crippen molar-refractivity contribution in [3.8, 4) is 5.88 Å². The van der Waals surface area contributed by atoms with Crippen LogP contribution in [0.25, 0.3) is 0 Å². The van der Waals surface area contributed by atoms with Crippen molar-refractivity contribution in [3.05, 3.63) is 46.6 Å². The lowest BCUT2D eigenvalue weighted by molar-refractivity contribution is -0.278. The molecule has 13 heteroatoms. The van der Waals surface area contributed by atoms with Gasteiger partial charge in [0.15, 0.2) is 0 Å². The summed E-state index contributed by atoms with van der Waals surface area (Å²) in [7, 11) is 0. The zero-order valence-corrected chi connectivity index (χ0v) is 22.4. The van der Waals surface area contributed by atoms with Gasteiger partial charge in [-0.1, -0.05) is 38.1 Å². The smallest absolute Gasteiger partial charge is 0.315 e. The van der Waals surface area contributed by atoms with Crippen molar-refractivity contribution in [2.45, 2.75) is 75.8 Å². The van der Waals surface area contributed by atoms with E-state index in [2.05, 4.69) is 20.8 Å². The molecule has 9 N–H and O–H groups in total. The molecule has 0 saturated carbocycles. The molecule has 0 unspecified atom stereocenters. The van der Waals surface area contributed by atoms with Crippen molar-refractivity contribution >= 4 is 6.03 Å². The molecule has 0 bridgehead atoms. The molecule has 3 rings (SSSR count). The van der Waals surface area contributed by atoms with Crippen LogP contribution in [0.4, 0.5) is 4.79 Å². The monoisotopic (exact) mass is 552 g/mol. The first-order valence-corrected chi connectivity index (χ1v) is 12.9. The minimum Gasteiger partial charge on any atom is -0.443 e. The number of nitrogens with zero attached hydrogens (tertiary/aromatic N) is 1. The Morgan fingerprint density at radius 1 is 1.08 bits per heavy atom. The summed E-state index contributed by atoms with van der Waals surface area (Å²) in [6.45, 7) is 4.54. The Labute approximate surface area is 226 Å². The Kier molecular flexibility index (Phi) is 10.7. The molecule has 1 aromatic heterocycles. The van der Waals surface area contributed by atoms with Gasteiger partial charge in [-0.2, -0.15) is 0 Å². The zero-order valence-electron chi connectivity index (χ0n) is 22.4. The van der Waals surface area contributed by atoms with Crippen molar-refractivity contribution in [2.24, 2.45) is 0 Å². The van der Waals surface area contributed by atoms with E-state index >= 15 is 0 Å². The van der Waals surface area contributed by atoms with Crippen molar-refractivity contribution in [1.29, 1.82) is 0 Å². The first kappa shape index (κ1) is 30.8. The highest BCUT2D eigenvalue weighted by Crippen LogP contribution is 2.31. The van der Waals surface area contributed by atoms with Crippen LogP contribution in [0.15, 0.2) is 24.3 Å². The number of hydrogen-bond donors (Lipinski definition) is 9. The molecule has 0 aliphatic carbocycles. The molecule has 13 nitrogen and oxygen atoms in total. The van der Waals surface area contributed by atoms with Crippen molar-refractivity contribution in [1.82, 2.24) is 20.8 Å². The van der Waals surface area contributed by atoms with Crippen LogP contribution in [0.5, 0.6) is 5.88 Å². The highest BCUT2D eigenvalue weighted by molar-refractivity contribution is 5.74. The maximum atomic E-state index is 12.0. The summed E-state index contributed by atoms with van der Waals surface area (Å²) in [5.41, 5.74) is 2.41. The molecule has 5 atom stereocenters. The van der Waals surface area contributed by atoms with Gasteiger partial charge in [0.1, 0.15) is 24.4 Å². The van der Waals surface area contributed by atoms with Crippen LogP contribution >= 0.6 is 0 Å². The average molecular weight is 553 g/mol. The molecule has 39 heavy (non-hydrogen) atoms. The van der Waals surface area contributed by atoms with Gasteiger partial charge in [-0.15, -0.1) is 5.10 Å². The quantitative estimate of drug-likeness (QED) is 0.155. The molecular formula is C26H40N4O9. The van der Waals surface area contributed by atoms with Gasteiger partial charge in [-0.25, -0.2) is 4.79 Å². The first-order chi connectivity index (χ1) is 18.5. The number of benzene rings is 1. The fourth-order valence-corrected chi connectivity index (χ4v) is 4.18. The van der Waals surface area contributed by atoms with Crippen molar-refractivity contribution in [2.75, 3.05) is 26.4 Å². The number of rotatable bonds is 12. The van der Waals surface area contributed by atoms with Crippen molar-refractivity contribution in [3.63, 3.8) is 0 Å². The van der Waals surface area contributed by atoms with Crippen LogP contribution < -0.4 is 15.4 Å². The minimum atomic E-state index is -1.56. The number of hydrogen-bond acceptors (Lipinski definition) is 10. The van der Waals surface area contributed by atoms with Gasteiger partial charge in [0.25, 0.3) is 0 Å². The number of ether oxygens (including phenoxy) is 2. The normalized spacial score (nSPS) is 23.6. The van der Waals surface area contributed by atoms with Gasteiger partial charge >= 0.3 is 6.03 Å². The van der Waals surface area contributed by atoms with Gasteiger partial charge in [0.05, 0.1) is 25.4 Å². The maximum absolute atomic E-state index is 12.0. The van der Waals surface area contributed by atoms with Gasteiger partial charge in [0.2, 0.25) is 12.2 Å². The molecular weight excluding hydrogens is 512 g/mol. The number of carbonyl (C=O) groups is 1. The van der Waals surface area contributed by atoms with E-state index in [1.54, 1.807) is 0 Å². The highest BCUT2D eigenvalue weighted by atomic mass is 16.7. The molecule has 2 amide bonds. The number of aliphatic hydroxyl groups excluding tert-OH is 6. The van der Waals surface area contributed by atoms with Crippen LogP contribution in [0.2, 0.25) is 0 Å². The summed E-state index contributed by atoms with van der Waals surface area (Å²) in [4.78, 5) is 12.0. The summed E-state index contributed by atoms with van der Waals surface area (Å²) >= 11 is 0. The maximum Gasteiger partial charge on any atom is 0.315 e. The molecule has 0 radical (unpaired) electrons. The summed E-state index contributed by atoms with van der Waals surface area (Å²) in [6, 6.07) is 7.28. The molecule has 1 aromatic carbocycles. The number of aromatic nitrogens is 2. The summed E-state index contributed by atoms with van der Waals surface area (Å²) in [5.74, 6) is 0.259. The van der Waals surface area contributed by atoms with E-state index in [1.165, 1.54) is 6.92 Å². The van der Waals surface area contributed by atoms with Crippen LogP contribution in [0, 0.1) is 0 Å². The predicted molar refractivity (Wildman–Crippen MR) is 139 cm³/mol. The Hall–Kier alpha value is -2.78. The fraction of sp³-hybridized carbons (Fsp3) is 0.615. The van der Waals surface area contributed by atoms with E-state index in [9.17, 15) is 35.4 Å². The fourth-order valence-electron chi connectivity index (χ4n) is 4.18. The standard InChI is InChI=1S/C26H40N4O9/c1-14(2)19-17(23(30-29-19)39-24-22(36)21(35)20(34)18(11-31)38-24)10-16-6-4-15(5-7-16)8-9-27-25(37)28-26(3,12-32)13-33/h4-7,14,18,20-22,24,31-36H,8-13H2,1-3H3,(H,29,30)(H2,27,28,37)/t18-,20-,21+,22-,24+/m1/s1. The first-order valence-electron chi connectivity index (χ1n) is 12.9. The second kappa shape index (κ2) is 13.5. The predicted octanol–water partition coefficient (Wildman–Crippen LogP) is -1.11. The Morgan fingerprint density at radius 2 is 1.72 bits per heavy atom. The second-order valence-corrected chi connectivity index (χ2v) is 10.4. The van der Waals surface area contributed by atoms with E-state index in [0.717, 1.165) is 22.4 Å². The third-order valence-electron chi connectivity index (χ3n) is 6.73. The highest BCUT2D eigenvalue weighted by Gasteiger charge is 2.45. The number of carbonyl (C=O) groups excluding carboxylic acids is 1. The van der Waals surface area contributed by atoms with Gasteiger partial charge in [-0.3, -0.25) is 5.10 Å². The van der Waals surface area contributed by atoms with E-state index < -0.39 is 48.9 Å². The summed E-state index contributed by atoms with van der Waals surface area (Å²) < 4.78 is 11.3. The lowest BCUT2D eigenvalue weighted by Gasteiger charge is -2.39. The number of H-pyrrole nitrogens is 1. The van der Waals surface area contributed by atoms with Crippen LogP contribution in [-0.4, -0.2) is 109 Å². The molecule has 1 fully saturated rings. The molecule has 2 aromatic rings. The van der Waals surface area contributed by atoms with E-state index in [4.69, 9.17) is 9.47 Å². The van der Waals surface area contributed by atoms with Crippen LogP contribution in [-0.2, 0) is 17.6 Å². The largest absolute Gasteiger partial charge is 0.443 e. The summed E-state index contributed by atoms with van der Waals surface area (Å²) in [6.07, 6.45) is -6.03. The third kappa shape index (κ3) is 7.66. The van der Waals surface area contributed by atoms with E-state index in [-0.39, 0.29) is 25.0 Å². The van der Waals surface area contributed by atoms with E-state index in [0.29, 0.717) is 19.4 Å². The van der Waals surface area contributed by atoms with Gasteiger partial charge < -0.3 is 50.7 Å². The van der Waals surface area contributed by atoms with Crippen molar-refractivity contribution < 1.29 is 44.9 Å². The van der Waals surface area contributed by atoms with Crippen LogP contribution in [0.3, 0.4) is 0 Å². The molecule has 2 heterocycles. The van der Waals surface area contributed by atoms with E-state index in [1.807, 2.05) is 38.1 Å².